The van der Waals surface area contributed by atoms with Gasteiger partial charge in [0.25, 0.3) is 0 Å². The molecule has 1 rings (SSSR count). The second-order valence-electron chi connectivity index (χ2n) is 5.41. The van der Waals surface area contributed by atoms with E-state index in [4.69, 9.17) is 10.00 Å². The van der Waals surface area contributed by atoms with Gasteiger partial charge in [0.1, 0.15) is 0 Å². The fraction of sp³-hybridized carbons (Fsp3) is 0.923. The maximum absolute atomic E-state index is 8.91. The van der Waals surface area contributed by atoms with Gasteiger partial charge < -0.3 is 4.74 Å². The fourth-order valence-electron chi connectivity index (χ4n) is 2.03. The second-order valence-corrected chi connectivity index (χ2v) is 5.41. The van der Waals surface area contributed by atoms with Crippen molar-refractivity contribution < 1.29 is 4.74 Å². The van der Waals surface area contributed by atoms with E-state index in [2.05, 4.69) is 17.9 Å². The minimum atomic E-state index is -0.156. The van der Waals surface area contributed by atoms with Crippen molar-refractivity contribution in [1.29, 1.82) is 5.26 Å². The fourth-order valence-corrected chi connectivity index (χ4v) is 2.03. The number of morpholine rings is 1. The average molecular weight is 224 g/mol. The van der Waals surface area contributed by atoms with E-state index >= 15 is 0 Å². The van der Waals surface area contributed by atoms with Crippen molar-refractivity contribution in [3.05, 3.63) is 0 Å². The first-order chi connectivity index (χ1) is 7.55. The zero-order chi connectivity index (χ0) is 12.0. The van der Waals surface area contributed by atoms with Crippen LogP contribution in [0, 0.1) is 16.7 Å². The number of hydrogen-bond donors (Lipinski definition) is 0. The molecule has 1 fully saturated rings. The van der Waals surface area contributed by atoms with Gasteiger partial charge in [-0.1, -0.05) is 6.42 Å². The minimum absolute atomic E-state index is 0.156. The Hall–Kier alpha value is -0.590. The van der Waals surface area contributed by atoms with Gasteiger partial charge in [0.2, 0.25) is 0 Å². The molecule has 0 aromatic carbocycles. The number of rotatable bonds is 5. The van der Waals surface area contributed by atoms with Gasteiger partial charge in [-0.2, -0.15) is 5.26 Å². The zero-order valence-electron chi connectivity index (χ0n) is 10.8. The summed E-state index contributed by atoms with van der Waals surface area (Å²) >= 11 is 0. The summed E-state index contributed by atoms with van der Waals surface area (Å²) in [6.07, 6.45) is 3.34. The number of nitrogens with zero attached hydrogens (tertiary/aromatic N) is 2. The molecule has 16 heavy (non-hydrogen) atoms. The van der Waals surface area contributed by atoms with Gasteiger partial charge in [-0.25, -0.2) is 0 Å². The monoisotopic (exact) mass is 224 g/mol. The highest BCUT2D eigenvalue weighted by molar-refractivity contribution is 4.91. The standard InChI is InChI=1S/C13H24N2O/c1-12-10-16-9-8-15(12)7-5-4-6-13(2,3)11-14/h12H,4-10H2,1-3H3. The number of unbranched alkanes of at least 4 members (excludes halogenated alkanes) is 1. The van der Waals surface area contributed by atoms with Crippen LogP contribution in [0.2, 0.25) is 0 Å². The van der Waals surface area contributed by atoms with Crippen molar-refractivity contribution in [1.82, 2.24) is 4.90 Å². The van der Waals surface area contributed by atoms with Crippen LogP contribution in [0.3, 0.4) is 0 Å². The van der Waals surface area contributed by atoms with Crippen LogP contribution in [-0.2, 0) is 4.74 Å². The molecular weight excluding hydrogens is 200 g/mol. The highest BCUT2D eigenvalue weighted by atomic mass is 16.5. The van der Waals surface area contributed by atoms with Gasteiger partial charge in [-0.15, -0.1) is 0 Å². The normalized spacial score (nSPS) is 23.0. The van der Waals surface area contributed by atoms with Crippen molar-refractivity contribution in [2.24, 2.45) is 5.41 Å². The molecule has 0 amide bonds. The first-order valence-corrected chi connectivity index (χ1v) is 6.28. The summed E-state index contributed by atoms with van der Waals surface area (Å²) in [5.41, 5.74) is -0.156. The van der Waals surface area contributed by atoms with Gasteiger partial charge >= 0.3 is 0 Å². The third kappa shape index (κ3) is 4.51. The summed E-state index contributed by atoms with van der Waals surface area (Å²) in [4.78, 5) is 2.49. The lowest BCUT2D eigenvalue weighted by Gasteiger charge is -2.33. The number of hydrogen-bond acceptors (Lipinski definition) is 3. The molecule has 1 atom stereocenters. The molecule has 1 unspecified atom stereocenters. The maximum Gasteiger partial charge on any atom is 0.0683 e. The summed E-state index contributed by atoms with van der Waals surface area (Å²) in [5, 5.41) is 8.91. The SMILES string of the molecule is CC1COCCN1CCCCC(C)(C)C#N. The quantitative estimate of drug-likeness (QED) is 0.673. The maximum atomic E-state index is 8.91. The number of nitriles is 1. The van der Waals surface area contributed by atoms with E-state index in [1.165, 1.54) is 6.42 Å². The summed E-state index contributed by atoms with van der Waals surface area (Å²) in [6, 6.07) is 2.91. The van der Waals surface area contributed by atoms with Crippen LogP contribution in [0.25, 0.3) is 0 Å². The molecule has 1 aliphatic heterocycles. The van der Waals surface area contributed by atoms with Gasteiger partial charge in [0, 0.05) is 12.6 Å². The molecule has 92 valence electrons. The van der Waals surface area contributed by atoms with Crippen molar-refractivity contribution in [3.8, 4) is 6.07 Å². The molecule has 0 bridgehead atoms. The molecule has 3 nitrogen and oxygen atoms in total. The van der Waals surface area contributed by atoms with Crippen LogP contribution in [0.4, 0.5) is 0 Å². The summed E-state index contributed by atoms with van der Waals surface area (Å²) in [5.74, 6) is 0. The Balaban J connectivity index is 2.13. The van der Waals surface area contributed by atoms with Gasteiger partial charge in [-0.05, 0) is 40.2 Å². The van der Waals surface area contributed by atoms with E-state index < -0.39 is 0 Å². The average Bonchev–Trinajstić information content (AvgIpc) is 2.27. The van der Waals surface area contributed by atoms with Crippen LogP contribution in [-0.4, -0.2) is 37.2 Å². The minimum Gasteiger partial charge on any atom is -0.379 e. The lowest BCUT2D eigenvalue weighted by molar-refractivity contribution is -0.00107. The predicted molar refractivity (Wildman–Crippen MR) is 65.1 cm³/mol. The van der Waals surface area contributed by atoms with Crippen molar-refractivity contribution in [2.45, 2.75) is 46.1 Å². The van der Waals surface area contributed by atoms with Crippen molar-refractivity contribution in [3.63, 3.8) is 0 Å². The Morgan fingerprint density at radius 3 is 2.81 bits per heavy atom. The molecule has 3 heteroatoms. The molecule has 0 aromatic rings. The Morgan fingerprint density at radius 1 is 1.44 bits per heavy atom. The molecule has 0 N–H and O–H groups in total. The zero-order valence-corrected chi connectivity index (χ0v) is 10.8. The van der Waals surface area contributed by atoms with E-state index in [9.17, 15) is 0 Å². The topological polar surface area (TPSA) is 36.3 Å². The molecule has 0 radical (unpaired) electrons. The van der Waals surface area contributed by atoms with Crippen molar-refractivity contribution >= 4 is 0 Å². The molecule has 0 aliphatic carbocycles. The lowest BCUT2D eigenvalue weighted by atomic mass is 9.89. The summed E-state index contributed by atoms with van der Waals surface area (Å²) in [7, 11) is 0. The smallest absolute Gasteiger partial charge is 0.0683 e. The molecular formula is C13H24N2O. The molecule has 0 saturated carbocycles. The first kappa shape index (κ1) is 13.5. The molecule has 0 spiro atoms. The van der Waals surface area contributed by atoms with E-state index in [0.717, 1.165) is 39.1 Å². The van der Waals surface area contributed by atoms with Crippen LogP contribution in [0.1, 0.15) is 40.0 Å². The van der Waals surface area contributed by atoms with Crippen LogP contribution in [0.15, 0.2) is 0 Å². The van der Waals surface area contributed by atoms with Crippen molar-refractivity contribution in [2.75, 3.05) is 26.3 Å². The Kier molecular flexibility index (Phi) is 5.24. The molecule has 1 heterocycles. The van der Waals surface area contributed by atoms with E-state index in [1.54, 1.807) is 0 Å². The van der Waals surface area contributed by atoms with Crippen LogP contribution >= 0.6 is 0 Å². The lowest BCUT2D eigenvalue weighted by Crippen LogP contribution is -2.43. The predicted octanol–water partition coefficient (Wildman–Crippen LogP) is 2.43. The third-order valence-corrected chi connectivity index (χ3v) is 3.31. The van der Waals surface area contributed by atoms with Gasteiger partial charge in [0.15, 0.2) is 0 Å². The van der Waals surface area contributed by atoms with Gasteiger partial charge in [-0.3, -0.25) is 4.90 Å². The van der Waals surface area contributed by atoms with E-state index in [1.807, 2.05) is 13.8 Å². The van der Waals surface area contributed by atoms with E-state index in [-0.39, 0.29) is 5.41 Å². The second kappa shape index (κ2) is 6.22. The largest absolute Gasteiger partial charge is 0.379 e. The highest BCUT2D eigenvalue weighted by Crippen LogP contribution is 2.21. The Morgan fingerprint density at radius 2 is 2.19 bits per heavy atom. The summed E-state index contributed by atoms with van der Waals surface area (Å²) < 4.78 is 5.41. The van der Waals surface area contributed by atoms with Crippen LogP contribution < -0.4 is 0 Å². The Labute approximate surface area is 99.4 Å². The molecule has 1 aliphatic rings. The third-order valence-electron chi connectivity index (χ3n) is 3.31. The molecule has 0 aromatic heterocycles. The summed E-state index contributed by atoms with van der Waals surface area (Å²) in [6.45, 7) is 10.2. The van der Waals surface area contributed by atoms with E-state index in [0.29, 0.717) is 6.04 Å². The number of ether oxygens (including phenoxy) is 1. The Bertz CT molecular complexity index is 245. The first-order valence-electron chi connectivity index (χ1n) is 6.28. The molecule has 1 saturated heterocycles. The van der Waals surface area contributed by atoms with Crippen LogP contribution in [0.5, 0.6) is 0 Å². The highest BCUT2D eigenvalue weighted by Gasteiger charge is 2.19. The van der Waals surface area contributed by atoms with Gasteiger partial charge in [0.05, 0.1) is 24.7 Å².